The first-order valence-electron chi connectivity index (χ1n) is 7.14. The average molecular weight is 298 g/mol. The monoisotopic (exact) mass is 298 g/mol. The summed E-state index contributed by atoms with van der Waals surface area (Å²) in [6.45, 7) is 5.24. The van der Waals surface area contributed by atoms with Crippen molar-refractivity contribution in [1.82, 2.24) is 9.62 Å². The molecule has 0 spiro atoms. The summed E-state index contributed by atoms with van der Waals surface area (Å²) < 4.78 is 26.7. The number of hydrogen-bond donors (Lipinski definition) is 1. The third kappa shape index (κ3) is 4.04. The van der Waals surface area contributed by atoms with Gasteiger partial charge in [-0.2, -0.15) is 0 Å². The Labute approximate surface area is 123 Å². The van der Waals surface area contributed by atoms with Gasteiger partial charge in [0.05, 0.1) is 4.90 Å². The van der Waals surface area contributed by atoms with E-state index >= 15 is 0 Å². The van der Waals surface area contributed by atoms with Gasteiger partial charge in [-0.3, -0.25) is 0 Å². The van der Waals surface area contributed by atoms with E-state index in [1.807, 2.05) is 26.1 Å². The molecule has 0 fully saturated rings. The van der Waals surface area contributed by atoms with Gasteiger partial charge in [-0.1, -0.05) is 31.9 Å². The molecule has 0 saturated heterocycles. The molecule has 5 heteroatoms. The van der Waals surface area contributed by atoms with Crippen LogP contribution in [0.1, 0.15) is 37.3 Å². The van der Waals surface area contributed by atoms with Crippen LogP contribution in [0, 0.1) is 6.92 Å². The molecule has 0 aliphatic heterocycles. The predicted molar refractivity (Wildman–Crippen MR) is 83.3 cm³/mol. The molecule has 0 aliphatic carbocycles. The van der Waals surface area contributed by atoms with Gasteiger partial charge in [0.15, 0.2) is 0 Å². The Hall–Kier alpha value is -0.910. The Bertz CT molecular complexity index is 527. The van der Waals surface area contributed by atoms with Crippen LogP contribution in [0.5, 0.6) is 0 Å². The quantitative estimate of drug-likeness (QED) is 0.750. The normalized spacial score (nSPS) is 12.1. The zero-order chi connectivity index (χ0) is 15.2. The molecule has 0 amide bonds. The van der Waals surface area contributed by atoms with Crippen molar-refractivity contribution in [1.29, 1.82) is 0 Å². The number of hydrogen-bond acceptors (Lipinski definition) is 3. The summed E-state index contributed by atoms with van der Waals surface area (Å²) in [7, 11) is 0.135. The van der Waals surface area contributed by atoms with Crippen LogP contribution in [0.2, 0.25) is 0 Å². The van der Waals surface area contributed by atoms with Crippen LogP contribution in [-0.2, 0) is 16.6 Å². The van der Waals surface area contributed by atoms with Gasteiger partial charge in [0, 0.05) is 20.1 Å². The maximum Gasteiger partial charge on any atom is 0.243 e. The second kappa shape index (κ2) is 7.76. The molecule has 1 rings (SSSR count). The van der Waals surface area contributed by atoms with Crippen LogP contribution in [-0.4, -0.2) is 33.4 Å². The van der Waals surface area contributed by atoms with E-state index in [2.05, 4.69) is 12.2 Å². The third-order valence-electron chi connectivity index (χ3n) is 3.53. The molecule has 4 nitrogen and oxygen atoms in total. The summed E-state index contributed by atoms with van der Waals surface area (Å²) in [6, 6.07) is 5.47. The van der Waals surface area contributed by atoms with Crippen molar-refractivity contribution < 1.29 is 8.42 Å². The lowest BCUT2D eigenvalue weighted by Crippen LogP contribution is -2.28. The molecule has 0 atom stereocenters. The van der Waals surface area contributed by atoms with Gasteiger partial charge in [0.25, 0.3) is 0 Å². The molecule has 0 radical (unpaired) electrons. The zero-order valence-corrected chi connectivity index (χ0v) is 13.8. The Morgan fingerprint density at radius 1 is 1.25 bits per heavy atom. The van der Waals surface area contributed by atoms with Gasteiger partial charge >= 0.3 is 0 Å². The van der Waals surface area contributed by atoms with Crippen LogP contribution in [0.4, 0.5) is 0 Å². The summed E-state index contributed by atoms with van der Waals surface area (Å²) in [4.78, 5) is 0.421. The molecule has 0 aromatic heterocycles. The number of rotatable bonds is 8. The minimum atomic E-state index is -3.39. The van der Waals surface area contributed by atoms with Crippen LogP contribution in [0.15, 0.2) is 23.1 Å². The van der Waals surface area contributed by atoms with Crippen LogP contribution in [0.3, 0.4) is 0 Å². The van der Waals surface area contributed by atoms with E-state index in [-0.39, 0.29) is 0 Å². The molecule has 0 heterocycles. The SMILES string of the molecule is CCCCCN(C)S(=O)(=O)c1cccc(CNC)c1C. The van der Waals surface area contributed by atoms with E-state index < -0.39 is 10.0 Å². The fraction of sp³-hybridized carbons (Fsp3) is 0.600. The molecular formula is C15H26N2O2S. The number of benzene rings is 1. The van der Waals surface area contributed by atoms with Gasteiger partial charge in [-0.05, 0) is 37.6 Å². The number of unbranched alkanes of at least 4 members (excludes halogenated alkanes) is 2. The number of nitrogens with one attached hydrogen (secondary N) is 1. The van der Waals surface area contributed by atoms with E-state index in [4.69, 9.17) is 0 Å². The van der Waals surface area contributed by atoms with Crippen LogP contribution >= 0.6 is 0 Å². The summed E-state index contributed by atoms with van der Waals surface area (Å²) in [5.41, 5.74) is 1.86. The van der Waals surface area contributed by atoms with Gasteiger partial charge in [-0.25, -0.2) is 12.7 Å². The highest BCUT2D eigenvalue weighted by molar-refractivity contribution is 7.89. The largest absolute Gasteiger partial charge is 0.316 e. The maximum absolute atomic E-state index is 12.6. The van der Waals surface area contributed by atoms with E-state index in [0.29, 0.717) is 18.0 Å². The third-order valence-corrected chi connectivity index (χ3v) is 5.53. The smallest absolute Gasteiger partial charge is 0.243 e. The van der Waals surface area contributed by atoms with Gasteiger partial charge in [-0.15, -0.1) is 0 Å². The van der Waals surface area contributed by atoms with Crippen molar-refractivity contribution in [2.45, 2.75) is 44.6 Å². The van der Waals surface area contributed by atoms with E-state index in [1.54, 1.807) is 13.1 Å². The molecule has 0 aliphatic rings. The summed E-state index contributed by atoms with van der Waals surface area (Å²) in [5, 5.41) is 3.07. The molecular weight excluding hydrogens is 272 g/mol. The molecule has 20 heavy (non-hydrogen) atoms. The van der Waals surface area contributed by atoms with Crippen LogP contribution in [0.25, 0.3) is 0 Å². The lowest BCUT2D eigenvalue weighted by molar-refractivity contribution is 0.454. The van der Waals surface area contributed by atoms with Crippen molar-refractivity contribution >= 4 is 10.0 Å². The van der Waals surface area contributed by atoms with Gasteiger partial charge < -0.3 is 5.32 Å². The first kappa shape index (κ1) is 17.1. The number of sulfonamides is 1. The summed E-state index contributed by atoms with van der Waals surface area (Å²) in [5.74, 6) is 0. The van der Waals surface area contributed by atoms with Crippen molar-refractivity contribution in [3.05, 3.63) is 29.3 Å². The van der Waals surface area contributed by atoms with Crippen LogP contribution < -0.4 is 5.32 Å². The van der Waals surface area contributed by atoms with E-state index in [9.17, 15) is 8.42 Å². The molecule has 0 bridgehead atoms. The van der Waals surface area contributed by atoms with Crippen molar-refractivity contribution in [2.24, 2.45) is 0 Å². The van der Waals surface area contributed by atoms with Gasteiger partial charge in [0.1, 0.15) is 0 Å². The predicted octanol–water partition coefficient (Wildman–Crippen LogP) is 2.53. The highest BCUT2D eigenvalue weighted by Crippen LogP contribution is 2.22. The summed E-state index contributed by atoms with van der Waals surface area (Å²) in [6.07, 6.45) is 3.05. The van der Waals surface area contributed by atoms with E-state index in [0.717, 1.165) is 30.4 Å². The molecule has 1 aromatic carbocycles. The van der Waals surface area contributed by atoms with Crippen molar-refractivity contribution in [2.75, 3.05) is 20.6 Å². The first-order chi connectivity index (χ1) is 9.45. The second-order valence-corrected chi connectivity index (χ2v) is 7.12. The second-order valence-electron chi connectivity index (χ2n) is 5.10. The zero-order valence-electron chi connectivity index (χ0n) is 12.9. The Kier molecular flexibility index (Phi) is 6.65. The van der Waals surface area contributed by atoms with Crippen molar-refractivity contribution in [3.8, 4) is 0 Å². The molecule has 114 valence electrons. The maximum atomic E-state index is 12.6. The molecule has 1 aromatic rings. The average Bonchev–Trinajstić information content (AvgIpc) is 2.41. The van der Waals surface area contributed by atoms with Gasteiger partial charge in [0.2, 0.25) is 10.0 Å². The molecule has 0 saturated carbocycles. The highest BCUT2D eigenvalue weighted by Gasteiger charge is 2.23. The minimum Gasteiger partial charge on any atom is -0.316 e. The first-order valence-corrected chi connectivity index (χ1v) is 8.58. The highest BCUT2D eigenvalue weighted by atomic mass is 32.2. The lowest BCUT2D eigenvalue weighted by atomic mass is 10.1. The van der Waals surface area contributed by atoms with Crippen molar-refractivity contribution in [3.63, 3.8) is 0 Å². The Morgan fingerprint density at radius 2 is 1.95 bits per heavy atom. The Morgan fingerprint density at radius 3 is 2.55 bits per heavy atom. The topological polar surface area (TPSA) is 49.4 Å². The number of nitrogens with zero attached hydrogens (tertiary/aromatic N) is 1. The lowest BCUT2D eigenvalue weighted by Gasteiger charge is -2.19. The molecule has 0 unspecified atom stereocenters. The Balaban J connectivity index is 3.00. The minimum absolute atomic E-state index is 0.421. The fourth-order valence-electron chi connectivity index (χ4n) is 2.19. The summed E-state index contributed by atoms with van der Waals surface area (Å²) >= 11 is 0. The molecule has 1 N–H and O–H groups in total. The fourth-order valence-corrected chi connectivity index (χ4v) is 3.67. The standard InChI is InChI=1S/C15H26N2O2S/c1-5-6-7-11-17(4)20(18,19)15-10-8-9-14(12-16-3)13(15)2/h8-10,16H,5-7,11-12H2,1-4H3. The van der Waals surface area contributed by atoms with E-state index in [1.165, 1.54) is 4.31 Å².